The second-order valence-corrected chi connectivity index (χ2v) is 3.08. The summed E-state index contributed by atoms with van der Waals surface area (Å²) in [5.41, 5.74) is 6.75. The predicted molar refractivity (Wildman–Crippen MR) is 51.2 cm³/mol. The van der Waals surface area contributed by atoms with E-state index in [0.29, 0.717) is 0 Å². The maximum absolute atomic E-state index is 5.87. The molecule has 2 N–H and O–H groups in total. The largest absolute Gasteiger partial charge is 0.358 e. The number of nitrogens with two attached hydrogens (primary N) is 1. The van der Waals surface area contributed by atoms with Crippen molar-refractivity contribution in [3.8, 4) is 0 Å². The predicted octanol–water partition coefficient (Wildman–Crippen LogP) is 2.24. The van der Waals surface area contributed by atoms with Crippen LogP contribution >= 0.6 is 0 Å². The number of aromatic nitrogens is 1. The Morgan fingerprint density at radius 2 is 2.23 bits per heavy atom. The number of hydrogen-bond donors (Lipinski definition) is 1. The Balaban J connectivity index is 2.57. The maximum atomic E-state index is 5.87. The van der Waals surface area contributed by atoms with E-state index in [4.69, 9.17) is 10.3 Å². The first-order valence-corrected chi connectivity index (χ1v) is 4.43. The first-order valence-electron chi connectivity index (χ1n) is 4.43. The number of benzene rings is 1. The van der Waals surface area contributed by atoms with Gasteiger partial charge in [-0.2, -0.15) is 0 Å². The van der Waals surface area contributed by atoms with Crippen LogP contribution in [0.5, 0.6) is 0 Å². The van der Waals surface area contributed by atoms with Crippen molar-refractivity contribution in [3.05, 3.63) is 30.0 Å². The first-order chi connectivity index (χ1) is 6.33. The van der Waals surface area contributed by atoms with Crippen LogP contribution in [0.15, 0.2) is 28.8 Å². The first kappa shape index (κ1) is 8.26. The molecule has 1 aromatic heterocycles. The molecule has 2 rings (SSSR count). The summed E-state index contributed by atoms with van der Waals surface area (Å²) < 4.78 is 5.19. The molecule has 0 aliphatic carbocycles. The van der Waals surface area contributed by atoms with Crippen molar-refractivity contribution < 1.29 is 4.52 Å². The van der Waals surface area contributed by atoms with Crippen molar-refractivity contribution in [2.75, 3.05) is 0 Å². The van der Waals surface area contributed by atoms with Gasteiger partial charge < -0.3 is 10.3 Å². The molecule has 0 spiro atoms. The Morgan fingerprint density at radius 3 is 3.00 bits per heavy atom. The van der Waals surface area contributed by atoms with Crippen LogP contribution in [0.1, 0.15) is 25.1 Å². The molecule has 13 heavy (non-hydrogen) atoms. The highest BCUT2D eigenvalue weighted by Gasteiger charge is 2.13. The van der Waals surface area contributed by atoms with E-state index in [2.05, 4.69) is 5.16 Å². The van der Waals surface area contributed by atoms with Gasteiger partial charge >= 0.3 is 0 Å². The van der Waals surface area contributed by atoms with Crippen LogP contribution in [-0.2, 0) is 0 Å². The maximum Gasteiger partial charge on any atom is 0.161 e. The highest BCUT2D eigenvalue weighted by atomic mass is 16.5. The molecule has 0 fully saturated rings. The molecular weight excluding hydrogens is 164 g/mol. The molecule has 1 aromatic carbocycles. The monoisotopic (exact) mass is 176 g/mol. The van der Waals surface area contributed by atoms with Gasteiger partial charge in [0.05, 0.1) is 6.04 Å². The lowest BCUT2D eigenvalue weighted by molar-refractivity contribution is 0.366. The molecule has 0 bridgehead atoms. The lowest BCUT2D eigenvalue weighted by atomic mass is 10.1. The van der Waals surface area contributed by atoms with Crippen molar-refractivity contribution in [2.24, 2.45) is 5.73 Å². The van der Waals surface area contributed by atoms with Crippen LogP contribution in [0.4, 0.5) is 0 Å². The fourth-order valence-electron chi connectivity index (χ4n) is 1.36. The van der Waals surface area contributed by atoms with Gasteiger partial charge in [0.2, 0.25) is 0 Å². The zero-order valence-electron chi connectivity index (χ0n) is 7.53. The second-order valence-electron chi connectivity index (χ2n) is 3.08. The normalized spacial score (nSPS) is 13.4. The molecule has 1 unspecified atom stereocenters. The van der Waals surface area contributed by atoms with Gasteiger partial charge in [0, 0.05) is 5.39 Å². The number of nitrogens with zero attached hydrogens (tertiary/aromatic N) is 1. The summed E-state index contributed by atoms with van der Waals surface area (Å²) in [5, 5.41) is 4.96. The third-order valence-electron chi connectivity index (χ3n) is 2.19. The minimum absolute atomic E-state index is 0.0487. The summed E-state index contributed by atoms with van der Waals surface area (Å²) in [7, 11) is 0. The second kappa shape index (κ2) is 3.18. The molecule has 3 nitrogen and oxygen atoms in total. The van der Waals surface area contributed by atoms with Crippen molar-refractivity contribution in [3.63, 3.8) is 0 Å². The molecule has 0 saturated heterocycles. The Bertz CT molecular complexity index is 408. The minimum Gasteiger partial charge on any atom is -0.358 e. The summed E-state index contributed by atoms with van der Waals surface area (Å²) in [6.45, 7) is 2.03. The van der Waals surface area contributed by atoms with Crippen molar-refractivity contribution >= 4 is 10.9 Å². The smallest absolute Gasteiger partial charge is 0.161 e. The lowest BCUT2D eigenvalue weighted by Crippen LogP contribution is -2.07. The molecule has 0 saturated carbocycles. The van der Waals surface area contributed by atoms with Gasteiger partial charge in [-0.25, -0.2) is 0 Å². The molecule has 3 heteroatoms. The molecule has 0 aliphatic rings. The number of hydrogen-bond acceptors (Lipinski definition) is 3. The highest BCUT2D eigenvalue weighted by Crippen LogP contribution is 2.23. The van der Waals surface area contributed by atoms with E-state index in [9.17, 15) is 0 Å². The van der Waals surface area contributed by atoms with E-state index in [1.807, 2.05) is 31.2 Å². The Hall–Kier alpha value is -1.35. The van der Waals surface area contributed by atoms with Gasteiger partial charge in [-0.3, -0.25) is 0 Å². The van der Waals surface area contributed by atoms with E-state index >= 15 is 0 Å². The van der Waals surface area contributed by atoms with Crippen LogP contribution in [-0.4, -0.2) is 5.16 Å². The van der Waals surface area contributed by atoms with Crippen LogP contribution in [0.2, 0.25) is 0 Å². The summed E-state index contributed by atoms with van der Waals surface area (Å²) in [4.78, 5) is 0. The van der Waals surface area contributed by atoms with E-state index in [1.54, 1.807) is 0 Å². The minimum atomic E-state index is -0.0487. The Labute approximate surface area is 76.5 Å². The summed E-state index contributed by atoms with van der Waals surface area (Å²) in [5.74, 6) is 0.790. The molecule has 0 radical (unpaired) electrons. The average Bonchev–Trinajstić information content (AvgIpc) is 2.60. The Morgan fingerprint density at radius 1 is 1.46 bits per heavy atom. The fourth-order valence-corrected chi connectivity index (χ4v) is 1.36. The number of rotatable bonds is 2. The van der Waals surface area contributed by atoms with Crippen molar-refractivity contribution in [1.82, 2.24) is 5.16 Å². The highest BCUT2D eigenvalue weighted by molar-refractivity contribution is 5.80. The van der Waals surface area contributed by atoms with E-state index in [-0.39, 0.29) is 6.04 Å². The Kier molecular flexibility index (Phi) is 2.02. The zero-order chi connectivity index (χ0) is 9.26. The summed E-state index contributed by atoms with van der Waals surface area (Å²) in [6, 6.07) is 7.76. The molecule has 0 aliphatic heterocycles. The van der Waals surface area contributed by atoms with Gasteiger partial charge in [0.1, 0.15) is 5.52 Å². The van der Waals surface area contributed by atoms with Gasteiger partial charge in [0.25, 0.3) is 0 Å². The lowest BCUT2D eigenvalue weighted by Gasteiger charge is -2.02. The van der Waals surface area contributed by atoms with Crippen molar-refractivity contribution in [1.29, 1.82) is 0 Å². The standard InChI is InChI=1S/C10H12N2O/c1-2-8(11)10-7-5-3-4-6-9(7)12-13-10/h3-6,8H,2,11H2,1H3. The van der Waals surface area contributed by atoms with Gasteiger partial charge in [-0.1, -0.05) is 24.2 Å². The van der Waals surface area contributed by atoms with Crippen LogP contribution in [0.25, 0.3) is 10.9 Å². The molecular formula is C10H12N2O. The van der Waals surface area contributed by atoms with Gasteiger partial charge in [-0.15, -0.1) is 0 Å². The molecule has 1 atom stereocenters. The number of fused-ring (bicyclic) bond motifs is 1. The molecule has 0 amide bonds. The van der Waals surface area contributed by atoms with E-state index in [0.717, 1.165) is 23.1 Å². The van der Waals surface area contributed by atoms with Crippen molar-refractivity contribution in [2.45, 2.75) is 19.4 Å². The molecule has 2 aromatic rings. The third-order valence-corrected chi connectivity index (χ3v) is 2.19. The van der Waals surface area contributed by atoms with Gasteiger partial charge in [-0.05, 0) is 18.6 Å². The summed E-state index contributed by atoms with van der Waals surface area (Å²) >= 11 is 0. The zero-order valence-corrected chi connectivity index (χ0v) is 7.53. The summed E-state index contributed by atoms with van der Waals surface area (Å²) in [6.07, 6.45) is 0.860. The third kappa shape index (κ3) is 1.31. The quantitative estimate of drug-likeness (QED) is 0.763. The fraction of sp³-hybridized carbons (Fsp3) is 0.300. The average molecular weight is 176 g/mol. The van der Waals surface area contributed by atoms with Crippen LogP contribution in [0, 0.1) is 0 Å². The van der Waals surface area contributed by atoms with Crippen LogP contribution in [0.3, 0.4) is 0 Å². The van der Waals surface area contributed by atoms with E-state index < -0.39 is 0 Å². The topological polar surface area (TPSA) is 52.0 Å². The SMILES string of the molecule is CCC(N)c1onc2ccccc12. The van der Waals surface area contributed by atoms with E-state index in [1.165, 1.54) is 0 Å². The van der Waals surface area contributed by atoms with Crippen LogP contribution < -0.4 is 5.73 Å². The molecule has 1 heterocycles. The molecule has 68 valence electrons. The van der Waals surface area contributed by atoms with Gasteiger partial charge in [0.15, 0.2) is 5.76 Å².